The van der Waals surface area contributed by atoms with Crippen molar-refractivity contribution in [1.82, 2.24) is 4.90 Å². The minimum atomic E-state index is -0.0181. The highest BCUT2D eigenvalue weighted by Crippen LogP contribution is 2.18. The average Bonchev–Trinajstić information content (AvgIpc) is 3.11. The van der Waals surface area contributed by atoms with Gasteiger partial charge in [-0.3, -0.25) is 9.59 Å². The predicted molar refractivity (Wildman–Crippen MR) is 217 cm³/mol. The monoisotopic (exact) mass is 728 g/mol. The van der Waals surface area contributed by atoms with Crippen LogP contribution in [0.5, 0.6) is 0 Å². The molecule has 0 atom stereocenters. The molecule has 298 valence electrons. The topological polar surface area (TPSA) is 55.8 Å². The van der Waals surface area contributed by atoms with Crippen LogP contribution >= 0.6 is 11.6 Å². The predicted octanol–water partition coefficient (Wildman–Crippen LogP) is 13.9. The number of hydrogen-bond donors (Lipinski definition) is 0. The fourth-order valence-electron chi connectivity index (χ4n) is 6.85. The van der Waals surface area contributed by atoms with Crippen LogP contribution in [0.3, 0.4) is 0 Å². The fourth-order valence-corrected chi connectivity index (χ4v) is 7.09. The first-order valence-corrected chi connectivity index (χ1v) is 22.7. The summed E-state index contributed by atoms with van der Waals surface area (Å²) < 4.78 is 11.4. The van der Waals surface area contributed by atoms with Gasteiger partial charge in [0.05, 0.1) is 6.61 Å². The molecule has 0 aliphatic rings. The molecule has 0 saturated carbocycles. The summed E-state index contributed by atoms with van der Waals surface area (Å²) in [6, 6.07) is 0. The molecule has 0 radical (unpaired) electrons. The maximum atomic E-state index is 12.7. The van der Waals surface area contributed by atoms with Crippen molar-refractivity contribution in [2.75, 3.05) is 32.1 Å². The fraction of sp³-hybridized carbons (Fsp3) is 0.955. The summed E-state index contributed by atoms with van der Waals surface area (Å²) in [5.41, 5.74) is 0. The number of ether oxygens (including phenoxy) is 2. The van der Waals surface area contributed by atoms with Gasteiger partial charge in [0.15, 0.2) is 0 Å². The second-order valence-electron chi connectivity index (χ2n) is 15.1. The van der Waals surface area contributed by atoms with Gasteiger partial charge >= 0.3 is 11.9 Å². The third-order valence-electron chi connectivity index (χ3n) is 10.2. The molecule has 0 heterocycles. The smallest absolute Gasteiger partial charge is 0.306 e. The van der Waals surface area contributed by atoms with E-state index in [1.54, 1.807) is 0 Å². The van der Waals surface area contributed by atoms with Gasteiger partial charge in [-0.25, -0.2) is 0 Å². The van der Waals surface area contributed by atoms with Gasteiger partial charge in [0, 0.05) is 25.3 Å². The molecule has 0 aromatic heterocycles. The molecule has 0 bridgehead atoms. The van der Waals surface area contributed by atoms with Gasteiger partial charge in [-0.1, -0.05) is 162 Å². The van der Waals surface area contributed by atoms with Crippen LogP contribution in [-0.4, -0.2) is 55.1 Å². The first-order valence-electron chi connectivity index (χ1n) is 22.2. The second-order valence-corrected chi connectivity index (χ2v) is 15.5. The number of halogens is 1. The second kappa shape index (κ2) is 41.0. The molecule has 0 unspecified atom stereocenters. The summed E-state index contributed by atoms with van der Waals surface area (Å²) in [4.78, 5) is 27.2. The Labute approximate surface area is 317 Å². The van der Waals surface area contributed by atoms with Crippen molar-refractivity contribution in [2.24, 2.45) is 0 Å². The minimum absolute atomic E-state index is 0.0181. The maximum Gasteiger partial charge on any atom is 0.306 e. The molecule has 0 spiro atoms. The summed E-state index contributed by atoms with van der Waals surface area (Å²) in [6.45, 7) is 10.5. The van der Waals surface area contributed by atoms with E-state index in [-0.39, 0.29) is 18.0 Å². The van der Waals surface area contributed by atoms with E-state index in [2.05, 4.69) is 25.7 Å². The number of carbonyl (C=O) groups excluding carboxylic acids is 2. The van der Waals surface area contributed by atoms with Crippen molar-refractivity contribution >= 4 is 23.5 Å². The van der Waals surface area contributed by atoms with E-state index in [9.17, 15) is 9.59 Å². The van der Waals surface area contributed by atoms with Crippen molar-refractivity contribution in [1.29, 1.82) is 0 Å². The minimum Gasteiger partial charge on any atom is -0.466 e. The van der Waals surface area contributed by atoms with Gasteiger partial charge in [-0.2, -0.15) is 0 Å². The number of nitrogens with zero attached hydrogens (tertiary/aromatic N) is 1. The van der Waals surface area contributed by atoms with Crippen molar-refractivity contribution in [3.8, 4) is 0 Å². The number of unbranched alkanes of at least 4 members (excludes halogenated alkanes) is 24. The van der Waals surface area contributed by atoms with Crippen LogP contribution in [0.25, 0.3) is 0 Å². The molecule has 0 aromatic carbocycles. The van der Waals surface area contributed by atoms with Gasteiger partial charge in [-0.15, -0.1) is 11.6 Å². The van der Waals surface area contributed by atoms with Crippen LogP contribution in [0.4, 0.5) is 0 Å². The van der Waals surface area contributed by atoms with E-state index in [0.29, 0.717) is 25.3 Å². The van der Waals surface area contributed by atoms with E-state index in [1.807, 2.05) is 0 Å². The van der Waals surface area contributed by atoms with Crippen molar-refractivity contribution < 1.29 is 19.1 Å². The number of carbonyl (C=O) groups is 2. The van der Waals surface area contributed by atoms with Gasteiger partial charge in [-0.05, 0) is 70.9 Å². The molecule has 50 heavy (non-hydrogen) atoms. The Morgan fingerprint density at radius 1 is 0.460 bits per heavy atom. The molecule has 6 heteroatoms. The van der Waals surface area contributed by atoms with E-state index >= 15 is 0 Å². The molecule has 5 nitrogen and oxygen atoms in total. The Balaban J connectivity index is 3.94. The van der Waals surface area contributed by atoms with Crippen molar-refractivity contribution in [3.05, 3.63) is 0 Å². The van der Waals surface area contributed by atoms with Crippen LogP contribution < -0.4 is 0 Å². The molecule has 0 rings (SSSR count). The quantitative estimate of drug-likeness (QED) is 0.0356. The molecule has 0 aliphatic heterocycles. The van der Waals surface area contributed by atoms with Crippen molar-refractivity contribution in [2.45, 2.75) is 239 Å². The van der Waals surface area contributed by atoms with E-state index < -0.39 is 0 Å². The molecule has 0 saturated heterocycles. The highest BCUT2D eigenvalue weighted by molar-refractivity contribution is 6.18. The average molecular weight is 729 g/mol. The number of esters is 2. The lowest BCUT2D eigenvalue weighted by molar-refractivity contribution is -0.150. The normalized spacial score (nSPS) is 11.6. The summed E-state index contributed by atoms with van der Waals surface area (Å²) >= 11 is 6.11. The summed E-state index contributed by atoms with van der Waals surface area (Å²) in [7, 11) is 0. The number of hydrogen-bond acceptors (Lipinski definition) is 5. The molecule has 0 amide bonds. The molecular formula is C44H86ClNO4. The lowest BCUT2D eigenvalue weighted by atomic mass is 10.0. The number of alkyl halides is 1. The van der Waals surface area contributed by atoms with Crippen LogP contribution in [0.2, 0.25) is 0 Å². The van der Waals surface area contributed by atoms with Gasteiger partial charge < -0.3 is 14.4 Å². The maximum absolute atomic E-state index is 12.7. The van der Waals surface area contributed by atoms with Gasteiger partial charge in [0.25, 0.3) is 0 Å². The summed E-state index contributed by atoms with van der Waals surface area (Å²) in [5, 5.41) is 0. The number of rotatable bonds is 41. The van der Waals surface area contributed by atoms with Crippen LogP contribution in [0, 0.1) is 0 Å². The third kappa shape index (κ3) is 37.0. The Bertz CT molecular complexity index is 690. The highest BCUT2D eigenvalue weighted by atomic mass is 35.5. The van der Waals surface area contributed by atoms with Crippen LogP contribution in [0.15, 0.2) is 0 Å². The summed E-state index contributed by atoms with van der Waals surface area (Å²) in [6.07, 6.45) is 38.8. The largest absolute Gasteiger partial charge is 0.466 e. The van der Waals surface area contributed by atoms with Crippen LogP contribution in [0.1, 0.15) is 233 Å². The Hall–Kier alpha value is -0.810. The molecule has 0 aromatic rings. The molecule has 0 N–H and O–H groups in total. The first-order chi connectivity index (χ1) is 24.6. The zero-order chi connectivity index (χ0) is 36.6. The SMILES string of the molecule is CCCCCCCCCOC(=O)CCCCCCCN(CCCl)CCCCCCCC(=O)OC(CCCCCCCC)CCCCCCCC. The van der Waals surface area contributed by atoms with E-state index in [4.69, 9.17) is 21.1 Å². The van der Waals surface area contributed by atoms with E-state index in [0.717, 1.165) is 64.6 Å². The van der Waals surface area contributed by atoms with Gasteiger partial charge in [0.2, 0.25) is 0 Å². The third-order valence-corrected chi connectivity index (χ3v) is 10.3. The molecular weight excluding hydrogens is 642 g/mol. The standard InChI is InChI=1S/C44H86ClNO4/c1-4-7-10-13-16-25-32-41-49-43(47)35-28-21-17-23-30-38-46(40-37-45)39-31-24-18-22-29-36-44(48)50-42(33-26-19-14-11-8-5-2)34-27-20-15-12-9-6-3/h42H,4-41H2,1-3H3. The molecule has 0 aliphatic carbocycles. The highest BCUT2D eigenvalue weighted by Gasteiger charge is 2.14. The Morgan fingerprint density at radius 2 is 0.840 bits per heavy atom. The zero-order valence-electron chi connectivity index (χ0n) is 33.9. The van der Waals surface area contributed by atoms with E-state index in [1.165, 1.54) is 154 Å². The molecule has 0 fully saturated rings. The lowest BCUT2D eigenvalue weighted by Gasteiger charge is -2.21. The zero-order valence-corrected chi connectivity index (χ0v) is 34.7. The van der Waals surface area contributed by atoms with Gasteiger partial charge in [0.1, 0.15) is 6.10 Å². The Kier molecular flexibility index (Phi) is 40.3. The summed E-state index contributed by atoms with van der Waals surface area (Å²) in [5.74, 6) is 0.691. The lowest BCUT2D eigenvalue weighted by Crippen LogP contribution is -2.28. The van der Waals surface area contributed by atoms with Crippen molar-refractivity contribution in [3.63, 3.8) is 0 Å². The van der Waals surface area contributed by atoms with Crippen LogP contribution in [-0.2, 0) is 19.1 Å². The Morgan fingerprint density at radius 3 is 1.30 bits per heavy atom. The first kappa shape index (κ1) is 49.2.